The van der Waals surface area contributed by atoms with Crippen LogP contribution in [-0.4, -0.2) is 87.0 Å². The second kappa shape index (κ2) is 11.1. The highest BCUT2D eigenvalue weighted by Gasteiger charge is 2.46. The van der Waals surface area contributed by atoms with Gasteiger partial charge in [-0.05, 0) is 30.3 Å². The van der Waals surface area contributed by atoms with Gasteiger partial charge in [0.05, 0.1) is 12.7 Å². The second-order valence-corrected chi connectivity index (χ2v) is 8.55. The van der Waals surface area contributed by atoms with Crippen molar-refractivity contribution in [3.63, 3.8) is 0 Å². The Hall–Kier alpha value is -4.04. The van der Waals surface area contributed by atoms with Gasteiger partial charge in [-0.15, -0.1) is 0 Å². The molecule has 0 aromatic heterocycles. The molecule has 0 saturated carbocycles. The third-order valence-electron chi connectivity index (χ3n) is 5.96. The molecule has 13 nitrogen and oxygen atoms in total. The van der Waals surface area contributed by atoms with E-state index in [1.165, 1.54) is 37.5 Å². The normalized spacial score (nSPS) is 26.4. The predicted octanol–water partition coefficient (Wildman–Crippen LogP) is 0.423. The van der Waals surface area contributed by atoms with Crippen molar-refractivity contribution in [1.82, 2.24) is 0 Å². The molecule has 1 saturated heterocycles. The number of rotatable bonds is 8. The summed E-state index contributed by atoms with van der Waals surface area (Å²) < 4.78 is 27.5. The van der Waals surface area contributed by atoms with Crippen LogP contribution in [0, 0.1) is 0 Å². The van der Waals surface area contributed by atoms with Crippen LogP contribution in [0.25, 0.3) is 6.08 Å². The molecule has 1 fully saturated rings. The number of methoxy groups -OCH3 is 1. The van der Waals surface area contributed by atoms with Crippen LogP contribution in [0.1, 0.15) is 23.7 Å². The van der Waals surface area contributed by atoms with E-state index in [0.717, 1.165) is 0 Å². The summed E-state index contributed by atoms with van der Waals surface area (Å²) in [5.74, 6) is -2.30. The number of phenols is 2. The summed E-state index contributed by atoms with van der Waals surface area (Å²) in [6.45, 7) is -0.630. The van der Waals surface area contributed by atoms with Crippen LogP contribution < -0.4 is 9.47 Å². The summed E-state index contributed by atoms with van der Waals surface area (Å²) in [7, 11) is 1.36. The number of aromatic hydroxyl groups is 2. The van der Waals surface area contributed by atoms with Gasteiger partial charge in [-0.3, -0.25) is 9.59 Å². The zero-order valence-electron chi connectivity index (χ0n) is 20.0. The van der Waals surface area contributed by atoms with Crippen LogP contribution in [0.2, 0.25) is 0 Å². The Bertz CT molecular complexity index is 1230. The van der Waals surface area contributed by atoms with Gasteiger partial charge in [0.25, 0.3) is 0 Å². The molecule has 2 aliphatic heterocycles. The van der Waals surface area contributed by atoms with E-state index in [-0.39, 0.29) is 28.6 Å². The molecule has 2 aromatic rings. The average molecular weight is 534 g/mol. The number of aliphatic hydroxyl groups excluding tert-OH is 3. The van der Waals surface area contributed by atoms with Gasteiger partial charge in [0.15, 0.2) is 17.6 Å². The third-order valence-corrected chi connectivity index (χ3v) is 5.96. The first-order valence-corrected chi connectivity index (χ1v) is 11.4. The molecule has 0 bridgehead atoms. The fraction of sp³-hybridized carbons (Fsp3) is 0.360. The van der Waals surface area contributed by atoms with Crippen LogP contribution in [0.3, 0.4) is 0 Å². The fourth-order valence-electron chi connectivity index (χ4n) is 4.00. The van der Waals surface area contributed by atoms with Crippen molar-refractivity contribution in [2.24, 2.45) is 0 Å². The van der Waals surface area contributed by atoms with Crippen LogP contribution in [0.4, 0.5) is 0 Å². The number of carbonyl (C=O) groups excluding carboxylic acids is 1. The molecule has 204 valence electrons. The number of hydrogen-bond acceptors (Lipinski definition) is 12. The van der Waals surface area contributed by atoms with E-state index < -0.39 is 61.8 Å². The number of carbonyl (C=O) groups is 2. The Morgan fingerprint density at radius 1 is 1.00 bits per heavy atom. The van der Waals surface area contributed by atoms with Crippen LogP contribution >= 0.6 is 0 Å². The van der Waals surface area contributed by atoms with Gasteiger partial charge >= 0.3 is 11.9 Å². The number of ether oxygens (including phenoxy) is 5. The fourth-order valence-corrected chi connectivity index (χ4v) is 4.00. The molecule has 2 heterocycles. The van der Waals surface area contributed by atoms with Gasteiger partial charge in [0.1, 0.15) is 54.7 Å². The molecule has 2 aliphatic rings. The Labute approximate surface area is 215 Å². The Morgan fingerprint density at radius 2 is 1.76 bits per heavy atom. The van der Waals surface area contributed by atoms with Gasteiger partial charge in [0.2, 0.25) is 6.29 Å². The topological polar surface area (TPSA) is 202 Å². The summed E-state index contributed by atoms with van der Waals surface area (Å²) in [6, 6.07) is 9.01. The van der Waals surface area contributed by atoms with Crippen molar-refractivity contribution < 1.29 is 63.9 Å². The van der Waals surface area contributed by atoms with Crippen molar-refractivity contribution in [2.45, 2.75) is 43.2 Å². The first-order valence-electron chi connectivity index (χ1n) is 11.4. The molecule has 0 radical (unpaired) electrons. The van der Waals surface area contributed by atoms with Crippen molar-refractivity contribution in [1.29, 1.82) is 0 Å². The Balaban J connectivity index is 1.62. The van der Waals surface area contributed by atoms with Gasteiger partial charge in [-0.25, -0.2) is 0 Å². The smallest absolute Gasteiger partial charge is 0.317 e. The standard InChI is InChI=1S/C25H26O13/c1-34-16-7-11(5-6-14(16)27)24-17(8-12-13(26)3-2-4-15(12)36-24)37-25-23(33)22(32)21(31)18(38-25)10-35-20(30)9-19(28)29/h2-8,18,21-27,31-33H,9-10H2,1H3,(H,28,29). The maximum Gasteiger partial charge on any atom is 0.317 e. The minimum atomic E-state index is -1.78. The lowest BCUT2D eigenvalue weighted by Crippen LogP contribution is -2.59. The van der Waals surface area contributed by atoms with Crippen LogP contribution in [-0.2, 0) is 23.8 Å². The number of phenolic OH excluding ortho intramolecular Hbond substituents is 2. The lowest BCUT2D eigenvalue weighted by atomic mass is 9.98. The zero-order valence-corrected chi connectivity index (χ0v) is 20.0. The monoisotopic (exact) mass is 534 g/mol. The maximum absolute atomic E-state index is 11.6. The molecule has 13 heteroatoms. The molecule has 38 heavy (non-hydrogen) atoms. The van der Waals surface area contributed by atoms with E-state index in [4.69, 9.17) is 28.8 Å². The quantitative estimate of drug-likeness (QED) is 0.201. The minimum Gasteiger partial charge on any atom is -0.507 e. The maximum atomic E-state index is 11.6. The second-order valence-electron chi connectivity index (χ2n) is 8.55. The molecule has 6 N–H and O–H groups in total. The van der Waals surface area contributed by atoms with Crippen molar-refractivity contribution in [3.05, 3.63) is 53.3 Å². The first kappa shape index (κ1) is 27.0. The number of aliphatic carboxylic acids is 1. The number of benzene rings is 2. The van der Waals surface area contributed by atoms with Crippen LogP contribution in [0.5, 0.6) is 23.0 Å². The van der Waals surface area contributed by atoms with Gasteiger partial charge in [0, 0.05) is 5.56 Å². The first-order chi connectivity index (χ1) is 18.1. The van der Waals surface area contributed by atoms with E-state index in [1.807, 2.05) is 0 Å². The van der Waals surface area contributed by atoms with E-state index in [9.17, 15) is 35.1 Å². The molecular weight excluding hydrogens is 508 g/mol. The van der Waals surface area contributed by atoms with Gasteiger partial charge in [-0.2, -0.15) is 0 Å². The summed E-state index contributed by atoms with van der Waals surface area (Å²) in [4.78, 5) is 22.3. The van der Waals surface area contributed by atoms with E-state index in [2.05, 4.69) is 0 Å². The van der Waals surface area contributed by atoms with Crippen molar-refractivity contribution >= 4 is 18.0 Å². The highest BCUT2D eigenvalue weighted by Crippen LogP contribution is 2.43. The zero-order chi connectivity index (χ0) is 27.6. The van der Waals surface area contributed by atoms with Crippen LogP contribution in [0.15, 0.2) is 42.2 Å². The van der Waals surface area contributed by atoms with Crippen molar-refractivity contribution in [2.75, 3.05) is 13.7 Å². The number of hydrogen-bond donors (Lipinski definition) is 6. The summed E-state index contributed by atoms with van der Waals surface area (Å²) >= 11 is 0. The number of fused-ring (bicyclic) bond motifs is 1. The van der Waals surface area contributed by atoms with E-state index in [1.54, 1.807) is 12.1 Å². The number of aliphatic hydroxyl groups is 3. The van der Waals surface area contributed by atoms with E-state index in [0.29, 0.717) is 11.3 Å². The molecule has 0 amide bonds. The molecule has 2 aromatic carbocycles. The highest BCUT2D eigenvalue weighted by molar-refractivity contribution is 5.90. The molecule has 0 aliphatic carbocycles. The molecule has 6 atom stereocenters. The van der Waals surface area contributed by atoms with E-state index >= 15 is 0 Å². The lowest BCUT2D eigenvalue weighted by Gasteiger charge is -2.41. The Kier molecular flexibility index (Phi) is 7.92. The lowest BCUT2D eigenvalue weighted by molar-refractivity contribution is -0.294. The predicted molar refractivity (Wildman–Crippen MR) is 125 cm³/mol. The van der Waals surface area contributed by atoms with Gasteiger partial charge in [-0.1, -0.05) is 12.1 Å². The summed E-state index contributed by atoms with van der Waals surface area (Å²) in [5.41, 5.74) is 0.708. The molecule has 0 spiro atoms. The van der Waals surface area contributed by atoms with Crippen molar-refractivity contribution in [3.8, 4) is 23.0 Å². The summed E-state index contributed by atoms with van der Waals surface area (Å²) in [6.07, 6.45) is -8.71. The SMILES string of the molecule is COc1cc(C2Oc3cccc(O)c3C=C2OC2OC(COC(=O)CC(=O)O)C(O)C(O)C2O)ccc1O. The highest BCUT2D eigenvalue weighted by atomic mass is 16.7. The Morgan fingerprint density at radius 3 is 2.47 bits per heavy atom. The number of esters is 1. The molecule has 6 unspecified atom stereocenters. The largest absolute Gasteiger partial charge is 0.507 e. The number of carboxylic acid groups (broad SMARTS) is 1. The molecular formula is C25H26O13. The number of carboxylic acids is 1. The third kappa shape index (κ3) is 5.60. The average Bonchev–Trinajstić information content (AvgIpc) is 2.88. The molecule has 4 rings (SSSR count). The van der Waals surface area contributed by atoms with Gasteiger partial charge < -0.3 is 54.3 Å². The summed E-state index contributed by atoms with van der Waals surface area (Å²) in [5, 5.41) is 60.3. The minimum absolute atomic E-state index is 0.0148.